The highest BCUT2D eigenvalue weighted by Crippen LogP contribution is 2.31. The van der Waals surface area contributed by atoms with Gasteiger partial charge in [0.05, 0.1) is 17.9 Å². The molecule has 0 spiro atoms. The molecule has 4 aromatic rings. The van der Waals surface area contributed by atoms with Gasteiger partial charge in [-0.2, -0.15) is 4.98 Å². The van der Waals surface area contributed by atoms with Crippen LogP contribution < -0.4 is 15.5 Å². The molecule has 1 aromatic carbocycles. The lowest BCUT2D eigenvalue weighted by Crippen LogP contribution is -2.44. The number of likely N-dealkylation sites (N-methyl/N-ethyl adjacent to an activating group) is 1. The molecule has 178 valence electrons. The summed E-state index contributed by atoms with van der Waals surface area (Å²) in [5, 5.41) is 7.08. The van der Waals surface area contributed by atoms with Gasteiger partial charge in [0.2, 0.25) is 5.95 Å². The second-order valence-electron chi connectivity index (χ2n) is 9.16. The fraction of sp³-hybridized carbons (Fsp3) is 0.308. The fourth-order valence-corrected chi connectivity index (χ4v) is 4.92. The van der Waals surface area contributed by atoms with Crippen LogP contribution in [0.5, 0.6) is 0 Å². The van der Waals surface area contributed by atoms with E-state index in [-0.39, 0.29) is 11.9 Å². The van der Waals surface area contributed by atoms with Crippen LogP contribution in [0.3, 0.4) is 0 Å². The van der Waals surface area contributed by atoms with Crippen LogP contribution in [-0.2, 0) is 0 Å². The van der Waals surface area contributed by atoms with Gasteiger partial charge in [0, 0.05) is 44.3 Å². The van der Waals surface area contributed by atoms with Crippen LogP contribution in [0.1, 0.15) is 28.5 Å². The van der Waals surface area contributed by atoms with E-state index in [2.05, 4.69) is 55.6 Å². The maximum absolute atomic E-state index is 12.8. The van der Waals surface area contributed by atoms with Crippen LogP contribution in [0.25, 0.3) is 11.0 Å². The van der Waals surface area contributed by atoms with E-state index < -0.39 is 0 Å². The number of amides is 1. The van der Waals surface area contributed by atoms with Gasteiger partial charge in [-0.1, -0.05) is 30.3 Å². The van der Waals surface area contributed by atoms with Crippen molar-refractivity contribution in [3.63, 3.8) is 0 Å². The van der Waals surface area contributed by atoms with E-state index in [4.69, 9.17) is 4.98 Å². The van der Waals surface area contributed by atoms with Gasteiger partial charge in [0.25, 0.3) is 5.91 Å². The summed E-state index contributed by atoms with van der Waals surface area (Å²) in [7, 11) is 2.15. The van der Waals surface area contributed by atoms with Gasteiger partial charge < -0.3 is 25.0 Å². The van der Waals surface area contributed by atoms with Crippen molar-refractivity contribution in [2.24, 2.45) is 0 Å². The first-order valence-electron chi connectivity index (χ1n) is 12.0. The maximum Gasteiger partial charge on any atom is 0.268 e. The predicted molar refractivity (Wildman–Crippen MR) is 136 cm³/mol. The van der Waals surface area contributed by atoms with E-state index in [0.29, 0.717) is 24.0 Å². The van der Waals surface area contributed by atoms with E-state index in [0.717, 1.165) is 54.9 Å². The third kappa shape index (κ3) is 4.19. The Bertz CT molecular complexity index is 1340. The minimum absolute atomic E-state index is 0.00592. The van der Waals surface area contributed by atoms with Gasteiger partial charge in [0.1, 0.15) is 17.2 Å². The highest BCUT2D eigenvalue weighted by Gasteiger charge is 2.27. The van der Waals surface area contributed by atoms with Crippen molar-refractivity contribution in [1.29, 1.82) is 0 Å². The molecule has 0 unspecified atom stereocenters. The van der Waals surface area contributed by atoms with Crippen molar-refractivity contribution in [1.82, 2.24) is 29.7 Å². The number of aromatic nitrogens is 4. The van der Waals surface area contributed by atoms with E-state index in [1.54, 1.807) is 6.20 Å². The summed E-state index contributed by atoms with van der Waals surface area (Å²) in [5.41, 5.74) is 3.61. The Balaban J connectivity index is 1.31. The lowest BCUT2D eigenvalue weighted by molar-refractivity contribution is 0.0951. The molecule has 9 nitrogen and oxygen atoms in total. The summed E-state index contributed by atoms with van der Waals surface area (Å²) in [4.78, 5) is 31.4. The monoisotopic (exact) mass is 468 g/mol. The lowest BCUT2D eigenvalue weighted by Gasteiger charge is -2.33. The molecule has 9 heteroatoms. The number of hydrogen-bond donors (Lipinski definition) is 2. The molecule has 1 amide bonds. The minimum atomic E-state index is -0.0860. The van der Waals surface area contributed by atoms with E-state index in [1.807, 2.05) is 41.1 Å². The second-order valence-corrected chi connectivity index (χ2v) is 9.16. The predicted octanol–water partition coefficient (Wildman–Crippen LogP) is 3.04. The Labute approximate surface area is 203 Å². The number of carbonyl (C=O) groups is 1. The molecule has 0 saturated carbocycles. The number of nitrogens with zero attached hydrogens (tertiary/aromatic N) is 6. The quantitative estimate of drug-likeness (QED) is 0.476. The molecular weight excluding hydrogens is 440 g/mol. The van der Waals surface area contributed by atoms with Crippen LogP contribution >= 0.6 is 0 Å². The number of pyridine rings is 1. The van der Waals surface area contributed by atoms with E-state index in [1.165, 1.54) is 0 Å². The first kappa shape index (κ1) is 21.5. The van der Waals surface area contributed by atoms with Crippen molar-refractivity contribution in [2.45, 2.75) is 12.5 Å². The Hall–Kier alpha value is -3.98. The Morgan fingerprint density at radius 3 is 2.60 bits per heavy atom. The first-order valence-corrected chi connectivity index (χ1v) is 12.0. The zero-order valence-corrected chi connectivity index (χ0v) is 19.7. The molecule has 35 heavy (non-hydrogen) atoms. The smallest absolute Gasteiger partial charge is 0.268 e. The molecule has 5 heterocycles. The fourth-order valence-electron chi connectivity index (χ4n) is 4.92. The number of fused-ring (bicyclic) bond motifs is 3. The summed E-state index contributed by atoms with van der Waals surface area (Å²) < 4.78 is 2.05. The van der Waals surface area contributed by atoms with Crippen LogP contribution in [0.2, 0.25) is 0 Å². The Morgan fingerprint density at radius 1 is 1.00 bits per heavy atom. The molecule has 2 aliphatic heterocycles. The van der Waals surface area contributed by atoms with Gasteiger partial charge in [-0.25, -0.2) is 9.97 Å². The highest BCUT2D eigenvalue weighted by atomic mass is 16.2. The number of benzene rings is 1. The zero-order chi connectivity index (χ0) is 23.8. The van der Waals surface area contributed by atoms with Crippen molar-refractivity contribution in [2.75, 3.05) is 50.0 Å². The molecule has 6 rings (SSSR count). The molecular formula is C26H28N8O. The number of carbonyl (C=O) groups excluding carboxylic acids is 1. The number of anilines is 3. The lowest BCUT2D eigenvalue weighted by atomic mass is 10.0. The number of nitrogens with one attached hydrogen (secondary N) is 2. The molecule has 2 aliphatic rings. The number of piperazine rings is 1. The van der Waals surface area contributed by atoms with Crippen molar-refractivity contribution in [3.05, 3.63) is 72.2 Å². The van der Waals surface area contributed by atoms with Crippen LogP contribution in [-0.4, -0.2) is 70.1 Å². The average molecular weight is 469 g/mol. The van der Waals surface area contributed by atoms with Crippen molar-refractivity contribution >= 4 is 34.4 Å². The second kappa shape index (κ2) is 8.99. The van der Waals surface area contributed by atoms with E-state index in [9.17, 15) is 4.79 Å². The summed E-state index contributed by atoms with van der Waals surface area (Å²) in [6, 6.07) is 16.2. The van der Waals surface area contributed by atoms with Crippen molar-refractivity contribution < 1.29 is 4.79 Å². The van der Waals surface area contributed by atoms with Gasteiger partial charge in [0.15, 0.2) is 0 Å². The molecule has 1 saturated heterocycles. The summed E-state index contributed by atoms with van der Waals surface area (Å²) in [6.07, 6.45) is 4.44. The topological polar surface area (TPSA) is 91.2 Å². The van der Waals surface area contributed by atoms with Crippen LogP contribution in [0.4, 0.5) is 17.5 Å². The number of hydrogen-bond acceptors (Lipinski definition) is 7. The Kier molecular flexibility index (Phi) is 5.54. The van der Waals surface area contributed by atoms with Gasteiger partial charge >= 0.3 is 0 Å². The standard InChI is InChI=1S/C26H28N8O/c1-32-11-13-33(14-12-32)20-7-8-23(28-17-20)30-26-29-16-19-15-22-25(35)27-10-9-21(34(22)24(19)31-26)18-5-3-2-4-6-18/h2-8,15-17,21H,9-14H2,1H3,(H,27,35)(H,28,29,30,31)/t21-/m1/s1. The number of rotatable bonds is 4. The Morgan fingerprint density at radius 2 is 1.83 bits per heavy atom. The van der Waals surface area contributed by atoms with Crippen LogP contribution in [0, 0.1) is 0 Å². The first-order chi connectivity index (χ1) is 17.2. The zero-order valence-electron chi connectivity index (χ0n) is 19.7. The third-order valence-electron chi connectivity index (χ3n) is 6.86. The molecule has 2 N–H and O–H groups in total. The molecule has 3 aromatic heterocycles. The summed E-state index contributed by atoms with van der Waals surface area (Å²) in [6.45, 7) is 4.72. The third-order valence-corrected chi connectivity index (χ3v) is 6.86. The molecule has 0 bridgehead atoms. The SMILES string of the molecule is CN1CCN(c2ccc(Nc3ncc4cc5n(c4n3)[C@@H](c3ccccc3)CCNC5=O)nc2)CC1. The van der Waals surface area contributed by atoms with Gasteiger partial charge in [-0.05, 0) is 37.2 Å². The highest BCUT2D eigenvalue weighted by molar-refractivity contribution is 5.98. The van der Waals surface area contributed by atoms with Crippen molar-refractivity contribution in [3.8, 4) is 0 Å². The van der Waals surface area contributed by atoms with Gasteiger partial charge in [-0.15, -0.1) is 0 Å². The molecule has 0 radical (unpaired) electrons. The average Bonchev–Trinajstić information content (AvgIpc) is 3.18. The van der Waals surface area contributed by atoms with Crippen LogP contribution in [0.15, 0.2) is 60.9 Å². The molecule has 0 aliphatic carbocycles. The van der Waals surface area contributed by atoms with E-state index >= 15 is 0 Å². The maximum atomic E-state index is 12.8. The summed E-state index contributed by atoms with van der Waals surface area (Å²) >= 11 is 0. The normalized spacial score (nSPS) is 18.7. The molecule has 1 fully saturated rings. The molecule has 1 atom stereocenters. The van der Waals surface area contributed by atoms with Gasteiger partial charge in [-0.3, -0.25) is 4.79 Å². The minimum Gasteiger partial charge on any atom is -0.368 e. The summed E-state index contributed by atoms with van der Waals surface area (Å²) in [5.74, 6) is 1.05. The largest absolute Gasteiger partial charge is 0.368 e.